The van der Waals surface area contributed by atoms with Crippen molar-refractivity contribution in [1.82, 2.24) is 19.4 Å². The largest absolute Gasteiger partial charge is 0.384 e. The second-order valence-corrected chi connectivity index (χ2v) is 8.36. The normalized spacial score (nSPS) is 20.1. The molecule has 2 atom stereocenters. The Balaban J connectivity index is 1.60. The van der Waals surface area contributed by atoms with Crippen molar-refractivity contribution in [3.05, 3.63) is 52.2 Å². The molecule has 4 rings (SSSR count). The van der Waals surface area contributed by atoms with E-state index in [0.717, 1.165) is 30.6 Å². The Hall–Kier alpha value is -2.96. The van der Waals surface area contributed by atoms with Crippen LogP contribution in [0.5, 0.6) is 0 Å². The van der Waals surface area contributed by atoms with Crippen LogP contribution in [-0.4, -0.2) is 38.4 Å². The van der Waals surface area contributed by atoms with E-state index in [4.69, 9.17) is 5.73 Å². The third-order valence-corrected chi connectivity index (χ3v) is 5.80. The van der Waals surface area contributed by atoms with E-state index in [9.17, 15) is 9.59 Å². The summed E-state index contributed by atoms with van der Waals surface area (Å²) >= 11 is 0. The summed E-state index contributed by atoms with van der Waals surface area (Å²) in [4.78, 5) is 35.7. The molecule has 0 saturated carbocycles. The first-order chi connectivity index (χ1) is 13.9. The molecule has 4 heterocycles. The fourth-order valence-corrected chi connectivity index (χ4v) is 4.48. The molecule has 0 aliphatic carbocycles. The average molecular weight is 393 g/mol. The first-order valence-electron chi connectivity index (χ1n) is 10.1. The van der Waals surface area contributed by atoms with Crippen LogP contribution >= 0.6 is 0 Å². The van der Waals surface area contributed by atoms with Gasteiger partial charge in [0.25, 0.3) is 5.56 Å². The van der Waals surface area contributed by atoms with E-state index in [2.05, 4.69) is 16.0 Å². The van der Waals surface area contributed by atoms with Crippen molar-refractivity contribution in [1.29, 1.82) is 0 Å². The number of fused-ring (bicyclic) bond motifs is 4. The van der Waals surface area contributed by atoms with Gasteiger partial charge in [0.15, 0.2) is 0 Å². The zero-order valence-corrected chi connectivity index (χ0v) is 17.0. The molecule has 0 spiro atoms. The highest BCUT2D eigenvalue weighted by molar-refractivity contribution is 5.76. The SMILES string of the molecule is CC(C)=CCCC(=O)N1C[C@@H]2C[C@H](C1)c1cc(-c3cc(N)ncn3)cc(=O)n1C2. The van der Waals surface area contributed by atoms with Crippen LogP contribution in [0.2, 0.25) is 0 Å². The predicted octanol–water partition coefficient (Wildman–Crippen LogP) is 2.58. The lowest BCUT2D eigenvalue weighted by molar-refractivity contribution is -0.133. The van der Waals surface area contributed by atoms with Crippen LogP contribution in [0.3, 0.4) is 0 Å². The number of rotatable bonds is 4. The lowest BCUT2D eigenvalue weighted by Gasteiger charge is -2.43. The Kier molecular flexibility index (Phi) is 5.22. The van der Waals surface area contributed by atoms with E-state index in [-0.39, 0.29) is 17.4 Å². The van der Waals surface area contributed by atoms with Crippen molar-refractivity contribution in [3.63, 3.8) is 0 Å². The topological polar surface area (TPSA) is 94.1 Å². The smallest absolute Gasteiger partial charge is 0.251 e. The maximum atomic E-state index is 12.8. The molecule has 152 valence electrons. The zero-order valence-electron chi connectivity index (χ0n) is 17.0. The van der Waals surface area contributed by atoms with Crippen molar-refractivity contribution in [2.24, 2.45) is 5.92 Å². The summed E-state index contributed by atoms with van der Waals surface area (Å²) in [7, 11) is 0. The van der Waals surface area contributed by atoms with Gasteiger partial charge in [-0.2, -0.15) is 0 Å². The number of allylic oxidation sites excluding steroid dienone is 2. The molecule has 1 amide bonds. The van der Waals surface area contributed by atoms with Crippen LogP contribution in [0.1, 0.15) is 44.7 Å². The van der Waals surface area contributed by atoms with Crippen LogP contribution in [0.4, 0.5) is 5.82 Å². The Bertz CT molecular complexity index is 1020. The number of likely N-dealkylation sites (tertiary alicyclic amines) is 1. The van der Waals surface area contributed by atoms with Gasteiger partial charge in [0.05, 0.1) is 5.69 Å². The zero-order chi connectivity index (χ0) is 20.5. The minimum Gasteiger partial charge on any atom is -0.384 e. The van der Waals surface area contributed by atoms with E-state index in [1.807, 2.05) is 29.4 Å². The monoisotopic (exact) mass is 393 g/mol. The third-order valence-electron chi connectivity index (χ3n) is 5.80. The summed E-state index contributed by atoms with van der Waals surface area (Å²) in [6.07, 6.45) is 5.84. The van der Waals surface area contributed by atoms with Crippen molar-refractivity contribution in [2.45, 2.75) is 45.6 Å². The highest BCUT2D eigenvalue weighted by Crippen LogP contribution is 2.36. The van der Waals surface area contributed by atoms with Gasteiger partial charge in [-0.1, -0.05) is 11.6 Å². The van der Waals surface area contributed by atoms with Crippen LogP contribution in [0.25, 0.3) is 11.3 Å². The van der Waals surface area contributed by atoms with Gasteiger partial charge < -0.3 is 15.2 Å². The molecule has 0 unspecified atom stereocenters. The molecule has 2 aromatic rings. The first-order valence-corrected chi connectivity index (χ1v) is 10.1. The van der Waals surface area contributed by atoms with Crippen molar-refractivity contribution < 1.29 is 4.79 Å². The number of aromatic nitrogens is 3. The van der Waals surface area contributed by atoms with E-state index >= 15 is 0 Å². The summed E-state index contributed by atoms with van der Waals surface area (Å²) in [5.74, 6) is 1.07. The van der Waals surface area contributed by atoms with E-state index in [0.29, 0.717) is 36.9 Å². The number of amides is 1. The number of carbonyl (C=O) groups excluding carboxylic acids is 1. The molecule has 7 nitrogen and oxygen atoms in total. The van der Waals surface area contributed by atoms with Crippen LogP contribution in [-0.2, 0) is 11.3 Å². The van der Waals surface area contributed by atoms with E-state index < -0.39 is 0 Å². The molecule has 1 fully saturated rings. The Morgan fingerprint density at radius 1 is 1.21 bits per heavy atom. The molecular formula is C22H27N5O2. The number of piperidine rings is 1. The number of carbonyl (C=O) groups is 1. The number of pyridine rings is 1. The number of nitrogen functional groups attached to an aromatic ring is 1. The molecule has 29 heavy (non-hydrogen) atoms. The van der Waals surface area contributed by atoms with Gasteiger partial charge in [-0.3, -0.25) is 9.59 Å². The Labute approximate surface area is 170 Å². The van der Waals surface area contributed by atoms with Gasteiger partial charge in [-0.15, -0.1) is 0 Å². The molecule has 2 aliphatic heterocycles. The van der Waals surface area contributed by atoms with Gasteiger partial charge in [0.2, 0.25) is 5.91 Å². The van der Waals surface area contributed by atoms with E-state index in [1.54, 1.807) is 12.1 Å². The highest BCUT2D eigenvalue weighted by atomic mass is 16.2. The molecule has 0 aromatic carbocycles. The number of nitrogens with two attached hydrogens (primary N) is 1. The minimum atomic E-state index is -0.0206. The molecule has 7 heteroatoms. The van der Waals surface area contributed by atoms with Crippen molar-refractivity contribution in [2.75, 3.05) is 18.8 Å². The molecule has 2 N–H and O–H groups in total. The molecule has 1 saturated heterocycles. The van der Waals surface area contributed by atoms with Gasteiger partial charge in [-0.05, 0) is 38.7 Å². The van der Waals surface area contributed by atoms with Gasteiger partial charge in [-0.25, -0.2) is 9.97 Å². The van der Waals surface area contributed by atoms with Crippen LogP contribution in [0, 0.1) is 5.92 Å². The van der Waals surface area contributed by atoms with E-state index in [1.165, 1.54) is 11.9 Å². The second-order valence-electron chi connectivity index (χ2n) is 8.36. The first kappa shape index (κ1) is 19.4. The van der Waals surface area contributed by atoms with Crippen molar-refractivity contribution in [3.8, 4) is 11.3 Å². The average Bonchev–Trinajstić information content (AvgIpc) is 2.68. The molecule has 2 aliphatic rings. The number of anilines is 1. The van der Waals surface area contributed by atoms with Gasteiger partial charge in [0.1, 0.15) is 12.1 Å². The number of hydrogen-bond acceptors (Lipinski definition) is 5. The molecule has 0 radical (unpaired) electrons. The Morgan fingerprint density at radius 2 is 2.03 bits per heavy atom. The van der Waals surface area contributed by atoms with Gasteiger partial charge >= 0.3 is 0 Å². The van der Waals surface area contributed by atoms with Crippen LogP contribution in [0.15, 0.2) is 41.0 Å². The summed E-state index contributed by atoms with van der Waals surface area (Å²) in [5, 5.41) is 0. The number of nitrogens with zero attached hydrogens (tertiary/aromatic N) is 4. The fraction of sp³-hybridized carbons (Fsp3) is 0.455. The summed E-state index contributed by atoms with van der Waals surface area (Å²) < 4.78 is 1.87. The maximum absolute atomic E-state index is 12.8. The standard InChI is InChI=1S/C22H27N5O2/c1-14(2)4-3-5-21(28)26-10-15-6-17(12-26)19-7-16(8-22(29)27(19)11-15)18-9-20(23)25-13-24-18/h4,7-9,13,15,17H,3,5-6,10-12H2,1-2H3,(H2,23,24,25)/t15-,17+/m0/s1. The minimum absolute atomic E-state index is 0.0206. The second kappa shape index (κ2) is 7.81. The maximum Gasteiger partial charge on any atom is 0.251 e. The Morgan fingerprint density at radius 3 is 2.79 bits per heavy atom. The van der Waals surface area contributed by atoms with Crippen LogP contribution < -0.4 is 11.3 Å². The quantitative estimate of drug-likeness (QED) is 0.806. The molecule has 2 bridgehead atoms. The molecular weight excluding hydrogens is 366 g/mol. The van der Waals surface area contributed by atoms with Gasteiger partial charge in [0, 0.05) is 55.4 Å². The summed E-state index contributed by atoms with van der Waals surface area (Å²) in [6, 6.07) is 5.33. The lowest BCUT2D eigenvalue weighted by Crippen LogP contribution is -2.49. The predicted molar refractivity (Wildman–Crippen MR) is 112 cm³/mol. The summed E-state index contributed by atoms with van der Waals surface area (Å²) in [5.41, 5.74) is 9.38. The third kappa shape index (κ3) is 4.09. The number of hydrogen-bond donors (Lipinski definition) is 1. The highest BCUT2D eigenvalue weighted by Gasteiger charge is 2.36. The fourth-order valence-electron chi connectivity index (χ4n) is 4.48. The lowest BCUT2D eigenvalue weighted by atomic mass is 9.82. The molecule has 2 aromatic heterocycles. The van der Waals surface area contributed by atoms with Crippen molar-refractivity contribution >= 4 is 11.7 Å². The summed E-state index contributed by atoms with van der Waals surface area (Å²) in [6.45, 7) is 6.16.